The van der Waals surface area contributed by atoms with E-state index in [1.165, 1.54) is 31.2 Å². The van der Waals surface area contributed by atoms with E-state index in [1.807, 2.05) is 36.4 Å². The third-order valence-corrected chi connectivity index (χ3v) is 3.26. The molecule has 144 valence electrons. The molecule has 0 spiro atoms. The molecule has 0 amide bonds. The summed E-state index contributed by atoms with van der Waals surface area (Å²) < 4.78 is 39.3. The number of benzene rings is 3. The summed E-state index contributed by atoms with van der Waals surface area (Å²) in [5.41, 5.74) is 0.539. The molecule has 3 rings (SSSR count). The van der Waals surface area contributed by atoms with Crippen molar-refractivity contribution in [3.05, 3.63) is 108 Å². The molecule has 3 aromatic rings. The van der Waals surface area contributed by atoms with E-state index in [9.17, 15) is 13.2 Å². The first-order chi connectivity index (χ1) is 12.5. The van der Waals surface area contributed by atoms with Crippen LogP contribution in [0.4, 0.5) is 17.9 Å². The lowest BCUT2D eigenvalue weighted by Crippen LogP contribution is -2.21. The third-order valence-electron chi connectivity index (χ3n) is 3.26. The van der Waals surface area contributed by atoms with E-state index in [1.54, 1.807) is 36.4 Å². The molecule has 0 atom stereocenters. The van der Waals surface area contributed by atoms with Gasteiger partial charge in [-0.25, -0.2) is 0 Å². The summed E-state index contributed by atoms with van der Waals surface area (Å²) in [5.74, 6) is -1.55. The van der Waals surface area contributed by atoms with Crippen LogP contribution in [0.1, 0.15) is 24.0 Å². The smallest absolute Gasteiger partial charge is 0.304 e. The van der Waals surface area contributed by atoms with Crippen molar-refractivity contribution in [2.45, 2.75) is 19.0 Å². The highest BCUT2D eigenvalue weighted by Gasteiger charge is 2.41. The lowest BCUT2D eigenvalue weighted by Gasteiger charge is -2.21. The van der Waals surface area contributed by atoms with Gasteiger partial charge in [0.15, 0.2) is 0 Å². The number of hydrogen-bond acceptors (Lipinski definition) is 1. The Morgan fingerprint density at radius 2 is 0.889 bits per heavy atom. The molecule has 0 aliphatic heterocycles. The van der Waals surface area contributed by atoms with Gasteiger partial charge in [-0.2, -0.15) is 13.2 Å². The van der Waals surface area contributed by atoms with Crippen LogP contribution in [-0.4, -0.2) is 12.5 Å². The monoisotopic (exact) mass is 378 g/mol. The molecule has 0 aliphatic rings. The summed E-state index contributed by atoms with van der Waals surface area (Å²) in [6.07, 6.45) is -3.53. The van der Waals surface area contributed by atoms with Crippen LogP contribution in [0.3, 0.4) is 0 Å². The van der Waals surface area contributed by atoms with Crippen molar-refractivity contribution in [2.24, 2.45) is 0 Å². The van der Waals surface area contributed by atoms with E-state index >= 15 is 0 Å². The highest BCUT2D eigenvalue weighted by atomic mass is 19.4. The first-order valence-electron chi connectivity index (χ1n) is 8.07. The molecular formula is C22H22F4O. The van der Waals surface area contributed by atoms with Gasteiger partial charge >= 0.3 is 6.18 Å². The molecule has 0 N–H and O–H groups in total. The van der Waals surface area contributed by atoms with Gasteiger partial charge < -0.3 is 4.79 Å². The number of rotatable bonds is 2. The van der Waals surface area contributed by atoms with Crippen molar-refractivity contribution in [2.75, 3.05) is 0 Å². The minimum Gasteiger partial charge on any atom is -0.304 e. The summed E-state index contributed by atoms with van der Waals surface area (Å²) in [6, 6.07) is 27.9. The number of aldehydes is 1. The van der Waals surface area contributed by atoms with E-state index < -0.39 is 12.1 Å². The minimum atomic E-state index is -4.28. The second-order valence-corrected chi connectivity index (χ2v) is 5.19. The maximum Gasteiger partial charge on any atom is 0.399 e. The maximum atomic E-state index is 13.1. The van der Waals surface area contributed by atoms with Crippen molar-refractivity contribution in [3.63, 3.8) is 0 Å². The molecule has 5 heteroatoms. The maximum absolute atomic E-state index is 13.1. The Labute approximate surface area is 156 Å². The second-order valence-electron chi connectivity index (χ2n) is 5.19. The quantitative estimate of drug-likeness (QED) is 0.371. The third kappa shape index (κ3) is 9.35. The lowest BCUT2D eigenvalue weighted by molar-refractivity contribution is -0.141. The van der Waals surface area contributed by atoms with Crippen LogP contribution in [0, 0.1) is 0 Å². The molecule has 0 aromatic heterocycles. The zero-order valence-corrected chi connectivity index (χ0v) is 14.8. The highest BCUT2D eigenvalue weighted by molar-refractivity contribution is 5.44. The van der Waals surface area contributed by atoms with Gasteiger partial charge in [0.05, 0.1) is 0 Å². The minimum absolute atomic E-state index is 0. The zero-order chi connectivity index (χ0) is 19.3. The summed E-state index contributed by atoms with van der Waals surface area (Å²) in [4.78, 5) is 8.81. The van der Waals surface area contributed by atoms with Gasteiger partial charge in [0, 0.05) is 0 Å². The Morgan fingerprint density at radius 3 is 1.11 bits per heavy atom. The predicted octanol–water partition coefficient (Wildman–Crippen LogP) is 6.43. The van der Waals surface area contributed by atoms with Gasteiger partial charge in [0.2, 0.25) is 0 Å². The number of carbonyl (C=O) groups is 1. The number of carbonyl (C=O) groups excluding carboxylic acids is 1. The molecule has 0 bridgehead atoms. The van der Waals surface area contributed by atoms with Gasteiger partial charge in [-0.3, -0.25) is 4.70 Å². The Hall–Kier alpha value is -2.95. The molecule has 27 heavy (non-hydrogen) atoms. The molecule has 0 saturated carbocycles. The normalized spacial score (nSPS) is 9.67. The molecule has 0 aliphatic carbocycles. The Kier molecular flexibility index (Phi) is 11.8. The van der Waals surface area contributed by atoms with Gasteiger partial charge in [0.25, 0.3) is 0 Å². The Bertz CT molecular complexity index is 647. The molecule has 0 heterocycles. The van der Waals surface area contributed by atoms with Crippen LogP contribution >= 0.6 is 0 Å². The van der Waals surface area contributed by atoms with E-state index in [0.29, 0.717) is 0 Å². The van der Waals surface area contributed by atoms with E-state index in [-0.39, 0.29) is 15.8 Å². The van der Waals surface area contributed by atoms with Crippen molar-refractivity contribution in [3.8, 4) is 0 Å². The van der Waals surface area contributed by atoms with E-state index in [0.717, 1.165) is 6.29 Å². The number of halogens is 4. The second kappa shape index (κ2) is 13.3. The van der Waals surface area contributed by atoms with Crippen LogP contribution in [0.25, 0.3) is 0 Å². The van der Waals surface area contributed by atoms with Crippen LogP contribution in [0.2, 0.25) is 0 Å². The summed E-state index contributed by atoms with van der Waals surface area (Å²) in [7, 11) is 0. The topological polar surface area (TPSA) is 17.1 Å². The average Bonchev–Trinajstić information content (AvgIpc) is 2.65. The summed E-state index contributed by atoms with van der Waals surface area (Å²) >= 11 is 0. The largest absolute Gasteiger partial charge is 0.399 e. The van der Waals surface area contributed by atoms with Crippen LogP contribution < -0.4 is 0 Å². The molecule has 3 aromatic carbocycles. The molecule has 0 fully saturated rings. The summed E-state index contributed by atoms with van der Waals surface area (Å²) in [5, 5.41) is 0. The lowest BCUT2D eigenvalue weighted by atomic mass is 9.91. The van der Waals surface area contributed by atoms with Crippen LogP contribution in [-0.2, 0) is 4.79 Å². The van der Waals surface area contributed by atoms with E-state index in [4.69, 9.17) is 4.79 Å². The van der Waals surface area contributed by atoms with Crippen molar-refractivity contribution < 1.29 is 22.7 Å². The number of hydrogen-bond donors (Lipinski definition) is 0. The predicted molar refractivity (Wildman–Crippen MR) is 101 cm³/mol. The first-order valence-corrected chi connectivity index (χ1v) is 8.07. The Balaban J connectivity index is 0.000000564. The fourth-order valence-electron chi connectivity index (χ4n) is 2.25. The van der Waals surface area contributed by atoms with Gasteiger partial charge in [-0.1, -0.05) is 97.1 Å². The van der Waals surface area contributed by atoms with Crippen molar-refractivity contribution in [1.82, 2.24) is 0 Å². The fraction of sp³-hybridized carbons (Fsp3) is 0.136. The Morgan fingerprint density at radius 1 is 0.667 bits per heavy atom. The standard InChI is InChI=1S/C14H11F3.C6H6.C2H4O.FH/c15-14(16,17)13(11-7-3-1-4-8-11)12-9-5-2-6-10-12;1-2-4-6-5-3-1;1-2-3;/h1-10,13H;1-6H;2H,1H3;1H. The van der Waals surface area contributed by atoms with E-state index in [2.05, 4.69) is 0 Å². The van der Waals surface area contributed by atoms with Crippen molar-refractivity contribution in [1.29, 1.82) is 0 Å². The molecular weight excluding hydrogens is 356 g/mol. The van der Waals surface area contributed by atoms with Gasteiger partial charge in [-0.15, -0.1) is 0 Å². The number of alkyl halides is 3. The van der Waals surface area contributed by atoms with Gasteiger partial charge in [-0.05, 0) is 18.1 Å². The fourth-order valence-corrected chi connectivity index (χ4v) is 2.25. The average molecular weight is 378 g/mol. The SMILES string of the molecule is CC=O.F.FC(F)(F)C(c1ccccc1)c1ccccc1.c1ccccc1. The van der Waals surface area contributed by atoms with Crippen LogP contribution in [0.15, 0.2) is 97.1 Å². The highest BCUT2D eigenvalue weighted by Crippen LogP contribution is 2.39. The zero-order valence-electron chi connectivity index (χ0n) is 14.8. The molecule has 0 radical (unpaired) electrons. The molecule has 1 nitrogen and oxygen atoms in total. The molecule has 0 unspecified atom stereocenters. The first kappa shape index (κ1) is 24.1. The van der Waals surface area contributed by atoms with Crippen molar-refractivity contribution >= 4 is 6.29 Å². The molecule has 0 saturated heterocycles. The van der Waals surface area contributed by atoms with Crippen LogP contribution in [0.5, 0.6) is 0 Å². The summed E-state index contributed by atoms with van der Waals surface area (Å²) in [6.45, 7) is 1.44. The van der Waals surface area contributed by atoms with Gasteiger partial charge in [0.1, 0.15) is 12.2 Å².